The van der Waals surface area contributed by atoms with Crippen LogP contribution in [0.5, 0.6) is 0 Å². The van der Waals surface area contributed by atoms with Gasteiger partial charge >= 0.3 is 11.5 Å². The first-order chi connectivity index (χ1) is 9.69. The molecule has 0 saturated carbocycles. The molecule has 1 atom stereocenters. The minimum atomic E-state index is -0.247. The summed E-state index contributed by atoms with van der Waals surface area (Å²) in [4.78, 5) is 13.0. The summed E-state index contributed by atoms with van der Waals surface area (Å²) >= 11 is 0. The molecule has 0 fully saturated rings. The normalized spacial score (nSPS) is 11.4. The van der Waals surface area contributed by atoms with Gasteiger partial charge in [-0.2, -0.15) is 0 Å². The van der Waals surface area contributed by atoms with Crippen molar-refractivity contribution in [2.75, 3.05) is 6.61 Å². The first-order valence-corrected chi connectivity index (χ1v) is 8.15. The van der Waals surface area contributed by atoms with E-state index in [1.54, 1.807) is 0 Å². The second-order valence-corrected chi connectivity index (χ2v) is 6.40. The monoisotopic (exact) mass is 293 g/mol. The Morgan fingerprint density at radius 3 is 2.80 bits per heavy atom. The Labute approximate surface area is 121 Å². The highest BCUT2D eigenvalue weighted by Gasteiger charge is 2.22. The molecular formula is C15H19NO3S+2. The van der Waals surface area contributed by atoms with E-state index in [0.29, 0.717) is 13.0 Å². The summed E-state index contributed by atoms with van der Waals surface area (Å²) in [5.41, 5.74) is 2.99. The molecule has 0 aliphatic rings. The van der Waals surface area contributed by atoms with E-state index >= 15 is 0 Å². The molecule has 0 radical (unpaired) electrons. The zero-order chi connectivity index (χ0) is 14.4. The highest BCUT2D eigenvalue weighted by Crippen LogP contribution is 2.17. The number of carbonyl (C=O) groups is 1. The van der Waals surface area contributed by atoms with Gasteiger partial charge in [0.1, 0.15) is 12.9 Å². The molecule has 1 heterocycles. The fraction of sp³-hybridized carbons (Fsp3) is 0.333. The van der Waals surface area contributed by atoms with Crippen LogP contribution in [0.1, 0.15) is 10.4 Å². The van der Waals surface area contributed by atoms with Crippen molar-refractivity contribution in [3.63, 3.8) is 0 Å². The summed E-state index contributed by atoms with van der Waals surface area (Å²) in [5.74, 6) is -0.247. The topological polar surface area (TPSA) is 50.4 Å². The van der Waals surface area contributed by atoms with Crippen molar-refractivity contribution in [3.8, 4) is 0 Å². The van der Waals surface area contributed by atoms with Crippen LogP contribution >= 0.6 is 10.5 Å². The summed E-state index contributed by atoms with van der Waals surface area (Å²) in [5, 5.41) is 8.96. The minimum Gasteiger partial charge on any atom is -0.456 e. The Morgan fingerprint density at radius 2 is 2.10 bits per heavy atom. The number of aliphatic hydroxyl groups is 1. The van der Waals surface area contributed by atoms with E-state index in [9.17, 15) is 4.79 Å². The predicted octanol–water partition coefficient (Wildman–Crippen LogP) is 1.54. The maximum absolute atomic E-state index is 11.8. The second kappa shape index (κ2) is 7.17. The van der Waals surface area contributed by atoms with E-state index < -0.39 is 0 Å². The highest BCUT2D eigenvalue weighted by molar-refractivity contribution is 7.27. The SMILES string of the molecule is C[s+]1c[n+](CC(=O)OCc2ccccc2)cc1CCO. The second-order valence-electron chi connectivity index (χ2n) is 4.55. The molecule has 0 aliphatic carbocycles. The van der Waals surface area contributed by atoms with Gasteiger partial charge < -0.3 is 9.84 Å². The molecule has 20 heavy (non-hydrogen) atoms. The number of hydrogen-bond donors (Lipinski definition) is 1. The average Bonchev–Trinajstić information content (AvgIpc) is 2.78. The molecule has 1 aromatic carbocycles. The van der Waals surface area contributed by atoms with Crippen molar-refractivity contribution in [1.82, 2.24) is 0 Å². The third-order valence-electron chi connectivity index (χ3n) is 2.93. The number of nitrogens with zero attached hydrogens (tertiary/aromatic N) is 1. The van der Waals surface area contributed by atoms with Gasteiger partial charge in [0.15, 0.2) is 0 Å². The highest BCUT2D eigenvalue weighted by atomic mass is 32.2. The zero-order valence-electron chi connectivity index (χ0n) is 11.5. The van der Waals surface area contributed by atoms with Gasteiger partial charge in [-0.15, -0.1) is 4.57 Å². The van der Waals surface area contributed by atoms with Crippen molar-refractivity contribution >= 4 is 16.4 Å². The van der Waals surface area contributed by atoms with Crippen LogP contribution in [0.4, 0.5) is 0 Å². The van der Waals surface area contributed by atoms with Crippen molar-refractivity contribution in [2.45, 2.75) is 19.6 Å². The van der Waals surface area contributed by atoms with Crippen LogP contribution in [0.3, 0.4) is 0 Å². The number of aromatic nitrogens is 1. The van der Waals surface area contributed by atoms with Crippen LogP contribution in [0, 0.1) is 0 Å². The fourth-order valence-corrected chi connectivity index (χ4v) is 3.31. The standard InChI is InChI=1S/C15H19NO3S/c1-20-12-16(9-14(20)7-8-17)10-15(18)19-11-13-5-3-2-4-6-13/h2-6,9,12,17H,7-8,10-11H2,1H3/q+2. The smallest absolute Gasteiger partial charge is 0.373 e. The molecule has 0 amide bonds. The molecule has 0 aliphatic heterocycles. The van der Waals surface area contributed by atoms with E-state index in [4.69, 9.17) is 9.84 Å². The molecule has 0 saturated heterocycles. The maximum Gasteiger partial charge on any atom is 0.373 e. The summed E-state index contributed by atoms with van der Waals surface area (Å²) < 4.78 is 7.09. The lowest BCUT2D eigenvalue weighted by Gasteiger charge is -2.01. The number of esters is 1. The number of hydrogen-bond acceptors (Lipinski definition) is 3. The van der Waals surface area contributed by atoms with Gasteiger partial charge in [0, 0.05) is 10.5 Å². The lowest BCUT2D eigenvalue weighted by atomic mass is 10.2. The molecule has 2 rings (SSSR count). The molecule has 1 N–H and O–H groups in total. The van der Waals surface area contributed by atoms with E-state index in [1.165, 1.54) is 4.88 Å². The van der Waals surface area contributed by atoms with Gasteiger partial charge in [0.05, 0.1) is 13.0 Å². The van der Waals surface area contributed by atoms with Gasteiger partial charge in [-0.05, 0) is 5.56 Å². The van der Waals surface area contributed by atoms with E-state index in [2.05, 4.69) is 6.26 Å². The van der Waals surface area contributed by atoms with E-state index in [1.807, 2.05) is 46.6 Å². The molecule has 5 heteroatoms. The molecular weight excluding hydrogens is 274 g/mol. The number of thiazole rings is 1. The molecule has 1 aromatic heterocycles. The molecule has 106 valence electrons. The fourth-order valence-electron chi connectivity index (χ4n) is 1.92. The minimum absolute atomic E-state index is 0.00266. The molecule has 4 nitrogen and oxygen atoms in total. The Kier molecular flexibility index (Phi) is 5.26. The first kappa shape index (κ1) is 14.7. The van der Waals surface area contributed by atoms with Crippen molar-refractivity contribution in [3.05, 3.63) is 52.5 Å². The van der Waals surface area contributed by atoms with Crippen LogP contribution in [-0.4, -0.2) is 17.7 Å². The first-order valence-electron chi connectivity index (χ1n) is 6.45. The number of carbonyl (C=O) groups excluding carboxylic acids is 1. The average molecular weight is 293 g/mol. The summed E-state index contributed by atoms with van der Waals surface area (Å²) in [6, 6.07) is 9.63. The lowest BCUT2D eigenvalue weighted by Crippen LogP contribution is -2.36. The Morgan fingerprint density at radius 1 is 1.35 bits per heavy atom. The summed E-state index contributed by atoms with van der Waals surface area (Å²) in [7, 11) is -0.00266. The number of aryl methyl sites for hydroxylation is 1. The quantitative estimate of drug-likeness (QED) is 0.499. The van der Waals surface area contributed by atoms with Crippen molar-refractivity contribution in [1.29, 1.82) is 0 Å². The summed E-state index contributed by atoms with van der Waals surface area (Å²) in [6.45, 7) is 0.668. The number of rotatable bonds is 6. The van der Waals surface area contributed by atoms with Crippen molar-refractivity contribution < 1.29 is 19.2 Å². The number of benzene rings is 1. The van der Waals surface area contributed by atoms with Gasteiger partial charge in [-0.3, -0.25) is 0 Å². The maximum atomic E-state index is 11.8. The van der Waals surface area contributed by atoms with Gasteiger partial charge in [0.2, 0.25) is 17.6 Å². The van der Waals surface area contributed by atoms with Gasteiger partial charge in [-0.25, -0.2) is 4.79 Å². The zero-order valence-corrected chi connectivity index (χ0v) is 12.3. The van der Waals surface area contributed by atoms with Crippen LogP contribution in [0.15, 0.2) is 42.0 Å². The Balaban J connectivity index is 1.86. The molecule has 0 bridgehead atoms. The Bertz CT molecular complexity index is 566. The van der Waals surface area contributed by atoms with Crippen molar-refractivity contribution in [2.24, 2.45) is 6.26 Å². The number of aliphatic hydroxyl groups excluding tert-OH is 1. The largest absolute Gasteiger partial charge is 0.456 e. The molecule has 0 spiro atoms. The molecule has 1 unspecified atom stereocenters. The number of ether oxygens (including phenoxy) is 1. The van der Waals surface area contributed by atoms with Crippen LogP contribution < -0.4 is 4.57 Å². The van der Waals surface area contributed by atoms with Crippen LogP contribution in [0.2, 0.25) is 0 Å². The van der Waals surface area contributed by atoms with E-state index in [-0.39, 0.29) is 29.6 Å². The third kappa shape index (κ3) is 4.15. The van der Waals surface area contributed by atoms with Gasteiger partial charge in [0.25, 0.3) is 0 Å². The summed E-state index contributed by atoms with van der Waals surface area (Å²) in [6.07, 6.45) is 4.67. The van der Waals surface area contributed by atoms with E-state index in [0.717, 1.165) is 5.56 Å². The predicted molar refractivity (Wildman–Crippen MR) is 77.1 cm³/mol. The van der Waals surface area contributed by atoms with Crippen LogP contribution in [-0.2, 0) is 35.4 Å². The van der Waals surface area contributed by atoms with Gasteiger partial charge in [-0.1, -0.05) is 30.3 Å². The third-order valence-corrected chi connectivity index (χ3v) is 4.65. The van der Waals surface area contributed by atoms with Crippen LogP contribution in [0.25, 0.3) is 0 Å². The molecule has 2 aromatic rings. The Hall–Kier alpha value is -1.72. The lowest BCUT2D eigenvalue weighted by molar-refractivity contribution is -0.681.